The van der Waals surface area contributed by atoms with Gasteiger partial charge in [-0.1, -0.05) is 25.6 Å². The highest BCUT2D eigenvalue weighted by atomic mass is 16.6. The van der Waals surface area contributed by atoms with Gasteiger partial charge in [0, 0.05) is 13.1 Å². The van der Waals surface area contributed by atoms with Crippen molar-refractivity contribution in [3.8, 4) is 5.75 Å². The Labute approximate surface area is 216 Å². The van der Waals surface area contributed by atoms with E-state index in [-0.39, 0.29) is 19.9 Å². The summed E-state index contributed by atoms with van der Waals surface area (Å²) in [6.07, 6.45) is 0.0343. The molecule has 1 saturated heterocycles. The molecule has 0 aliphatic carbocycles. The summed E-state index contributed by atoms with van der Waals surface area (Å²) >= 11 is 0. The molecule has 37 heavy (non-hydrogen) atoms. The van der Waals surface area contributed by atoms with Gasteiger partial charge in [0.2, 0.25) is 5.91 Å². The zero-order valence-electron chi connectivity index (χ0n) is 20.8. The Hall–Kier alpha value is -3.70. The third-order valence-electron chi connectivity index (χ3n) is 5.95. The Morgan fingerprint density at radius 3 is 2.49 bits per heavy atom. The first-order chi connectivity index (χ1) is 17.3. The molecule has 0 radical (unpaired) electrons. The van der Waals surface area contributed by atoms with Crippen molar-refractivity contribution in [2.45, 2.75) is 45.9 Å². The van der Waals surface area contributed by atoms with Crippen molar-refractivity contribution in [2.24, 2.45) is 5.73 Å². The maximum atomic E-state index is 12.9. The lowest BCUT2D eigenvalue weighted by atomic mass is 10.0. The maximum absolute atomic E-state index is 12.9. The molecule has 3 N–H and O–H groups in total. The smallest absolute Gasteiger partial charge is 0.410 e. The minimum atomic E-state index is -1.09. The second-order valence-corrected chi connectivity index (χ2v) is 9.22. The molecule has 1 aliphatic rings. The van der Waals surface area contributed by atoms with E-state index in [2.05, 4.69) is 15.5 Å². The number of nitrogens with two attached hydrogens (primary N) is 1. The van der Waals surface area contributed by atoms with E-state index in [1.165, 1.54) is 0 Å². The lowest BCUT2D eigenvalue weighted by Gasteiger charge is -2.26. The average Bonchev–Trinajstić information content (AvgIpc) is 3.32. The molecule has 200 valence electrons. The van der Waals surface area contributed by atoms with Gasteiger partial charge < -0.3 is 30.2 Å². The van der Waals surface area contributed by atoms with Gasteiger partial charge in [-0.05, 0) is 50.1 Å². The number of nitrogens with one attached hydrogen (secondary N) is 1. The van der Waals surface area contributed by atoms with E-state index in [0.717, 1.165) is 11.3 Å². The minimum absolute atomic E-state index is 0. The monoisotopic (exact) mass is 512 g/mol. The molecule has 0 spiro atoms. The number of nitrogens with zero attached hydrogens (tertiary/aromatic N) is 4. The fourth-order valence-corrected chi connectivity index (χ4v) is 3.89. The summed E-state index contributed by atoms with van der Waals surface area (Å²) in [6.45, 7) is 5.27. The normalized spacial score (nSPS) is 14.5. The first kappa shape index (κ1) is 27.9. The topological polar surface area (TPSA) is 133 Å². The quantitative estimate of drug-likeness (QED) is 0.470. The van der Waals surface area contributed by atoms with Crippen LogP contribution in [0.25, 0.3) is 5.65 Å². The number of ether oxygens (including phenoxy) is 3. The predicted octanol–water partition coefficient (Wildman–Crippen LogP) is 2.48. The van der Waals surface area contributed by atoms with Crippen molar-refractivity contribution in [3.05, 3.63) is 59.5 Å². The van der Waals surface area contributed by atoms with E-state index in [1.807, 2.05) is 46.9 Å². The van der Waals surface area contributed by atoms with E-state index in [4.69, 9.17) is 19.9 Å². The third-order valence-corrected chi connectivity index (χ3v) is 5.95. The molecule has 3 heterocycles. The van der Waals surface area contributed by atoms with Gasteiger partial charge in [0.1, 0.15) is 12.4 Å². The zero-order chi connectivity index (χ0) is 25.7. The molecule has 1 fully saturated rings. The molecule has 1 aliphatic heterocycles. The zero-order valence-corrected chi connectivity index (χ0v) is 20.8. The highest BCUT2D eigenvalue weighted by Crippen LogP contribution is 2.22. The predicted molar refractivity (Wildman–Crippen MR) is 138 cm³/mol. The summed E-state index contributed by atoms with van der Waals surface area (Å²) in [5, 5.41) is 11.7. The third kappa shape index (κ3) is 6.75. The van der Waals surface area contributed by atoms with Crippen molar-refractivity contribution < 1.29 is 23.8 Å². The highest BCUT2D eigenvalue weighted by molar-refractivity contribution is 5.85. The molecule has 2 aromatic heterocycles. The first-order valence-corrected chi connectivity index (χ1v) is 11.8. The number of carbonyl (C=O) groups excluding carboxylic acids is 2. The van der Waals surface area contributed by atoms with Crippen LogP contribution in [0, 0.1) is 0 Å². The first-order valence-electron chi connectivity index (χ1n) is 11.8. The number of methoxy groups -OCH3 is 1. The molecule has 0 unspecified atom stereocenters. The van der Waals surface area contributed by atoms with Crippen LogP contribution < -0.4 is 15.8 Å². The Bertz CT molecular complexity index is 1200. The maximum Gasteiger partial charge on any atom is 0.410 e. The van der Waals surface area contributed by atoms with Crippen LogP contribution in [0.5, 0.6) is 5.75 Å². The average molecular weight is 513 g/mol. The molecule has 2 amide bonds. The number of aromatic nitrogens is 3. The minimum Gasteiger partial charge on any atom is -0.497 e. The summed E-state index contributed by atoms with van der Waals surface area (Å²) in [6, 6.07) is 12.5. The molecular formula is C26H36N6O5. The van der Waals surface area contributed by atoms with E-state index in [9.17, 15) is 9.59 Å². The number of benzene rings is 1. The Kier molecular flexibility index (Phi) is 9.06. The van der Waals surface area contributed by atoms with Crippen LogP contribution in [0.4, 0.5) is 4.79 Å². The molecule has 4 rings (SSSR count). The number of amides is 2. The van der Waals surface area contributed by atoms with E-state index >= 15 is 0 Å². The summed E-state index contributed by atoms with van der Waals surface area (Å²) in [5.41, 5.74) is 7.19. The number of rotatable bonds is 8. The lowest BCUT2D eigenvalue weighted by molar-refractivity contribution is -0.126. The van der Waals surface area contributed by atoms with Crippen LogP contribution in [0.1, 0.15) is 44.4 Å². The molecule has 3 aromatic rings. The summed E-state index contributed by atoms with van der Waals surface area (Å²) < 4.78 is 18.0. The van der Waals surface area contributed by atoms with Gasteiger partial charge >= 0.3 is 6.09 Å². The number of morpholine rings is 1. The van der Waals surface area contributed by atoms with E-state index in [1.54, 1.807) is 25.9 Å². The molecule has 1 aromatic carbocycles. The molecule has 11 nitrogen and oxygen atoms in total. The lowest BCUT2D eigenvalue weighted by Crippen LogP contribution is -2.50. The van der Waals surface area contributed by atoms with Crippen molar-refractivity contribution >= 4 is 17.6 Å². The molecule has 1 atom stereocenters. The fraction of sp³-hybridized carbons (Fsp3) is 0.462. The van der Waals surface area contributed by atoms with Gasteiger partial charge in [-0.3, -0.25) is 9.20 Å². The number of hydrogen-bond acceptors (Lipinski definition) is 8. The summed E-state index contributed by atoms with van der Waals surface area (Å²) in [7, 11) is 1.61. The molecule has 0 saturated carbocycles. The molecule has 11 heteroatoms. The SMILES string of the molecule is C.COc1ccc(C[C@@H](NC(=O)C(C)(C)N)c2nnc3cccc(COC(=O)N4CCOCC4)n23)cc1. The Morgan fingerprint density at radius 1 is 1.14 bits per heavy atom. The van der Waals surface area contributed by atoms with Gasteiger partial charge in [-0.15, -0.1) is 10.2 Å². The molecule has 0 bridgehead atoms. The van der Waals surface area contributed by atoms with Crippen LogP contribution in [0.3, 0.4) is 0 Å². The Morgan fingerprint density at radius 2 is 1.84 bits per heavy atom. The molecular weight excluding hydrogens is 476 g/mol. The van der Waals surface area contributed by atoms with Gasteiger partial charge in [0.05, 0.1) is 37.6 Å². The Balaban J connectivity index is 0.00000380. The van der Waals surface area contributed by atoms with Gasteiger partial charge in [0.25, 0.3) is 0 Å². The second kappa shape index (κ2) is 12.0. The van der Waals surface area contributed by atoms with Crippen LogP contribution in [-0.2, 0) is 27.3 Å². The van der Waals surface area contributed by atoms with Gasteiger partial charge in [0.15, 0.2) is 11.5 Å². The van der Waals surface area contributed by atoms with Gasteiger partial charge in [-0.2, -0.15) is 0 Å². The van der Waals surface area contributed by atoms with Crippen molar-refractivity contribution in [1.82, 2.24) is 24.8 Å². The van der Waals surface area contributed by atoms with Crippen LogP contribution in [0.15, 0.2) is 42.5 Å². The fourth-order valence-electron chi connectivity index (χ4n) is 3.89. The number of pyridine rings is 1. The summed E-state index contributed by atoms with van der Waals surface area (Å²) in [5.74, 6) is 0.921. The van der Waals surface area contributed by atoms with Crippen LogP contribution >= 0.6 is 0 Å². The largest absolute Gasteiger partial charge is 0.497 e. The van der Waals surface area contributed by atoms with Crippen molar-refractivity contribution in [1.29, 1.82) is 0 Å². The van der Waals surface area contributed by atoms with Crippen LogP contribution in [0.2, 0.25) is 0 Å². The van der Waals surface area contributed by atoms with Crippen molar-refractivity contribution in [3.63, 3.8) is 0 Å². The summed E-state index contributed by atoms with van der Waals surface area (Å²) in [4.78, 5) is 27.0. The number of carbonyl (C=O) groups is 2. The van der Waals surface area contributed by atoms with Crippen molar-refractivity contribution in [2.75, 3.05) is 33.4 Å². The highest BCUT2D eigenvalue weighted by Gasteiger charge is 2.29. The number of hydrogen-bond donors (Lipinski definition) is 2. The second-order valence-electron chi connectivity index (χ2n) is 9.22. The number of fused-ring (bicyclic) bond motifs is 1. The van der Waals surface area contributed by atoms with Crippen LogP contribution in [-0.4, -0.2) is 70.5 Å². The van der Waals surface area contributed by atoms with E-state index < -0.39 is 17.7 Å². The standard InChI is InChI=1S/C25H32N6O5.CH4/c1-25(2,26)23(32)27-20(15-17-7-9-19(34-3)10-8-17)22-29-28-21-6-4-5-18(31(21)22)16-36-24(33)30-11-13-35-14-12-30;/h4-10,20H,11-16,26H2,1-3H3,(H,27,32);1H4/t20-;/m1./s1. The van der Waals surface area contributed by atoms with E-state index in [0.29, 0.717) is 49.9 Å². The van der Waals surface area contributed by atoms with Gasteiger partial charge in [-0.25, -0.2) is 4.79 Å².